The number of methoxy groups -OCH3 is 1. The van der Waals surface area contributed by atoms with E-state index in [1.807, 2.05) is 38.8 Å². The molecule has 0 bridgehead atoms. The molecule has 0 fully saturated rings. The summed E-state index contributed by atoms with van der Waals surface area (Å²) in [5.74, 6) is 0.545. The Labute approximate surface area is 144 Å². The van der Waals surface area contributed by atoms with E-state index in [1.165, 1.54) is 13.2 Å². The van der Waals surface area contributed by atoms with E-state index >= 15 is 0 Å². The Kier molecular flexibility index (Phi) is 7.98. The van der Waals surface area contributed by atoms with E-state index in [0.717, 1.165) is 12.1 Å². The molecule has 1 rings (SSSR count). The van der Waals surface area contributed by atoms with Crippen molar-refractivity contribution in [3.8, 4) is 5.75 Å². The van der Waals surface area contributed by atoms with Crippen molar-refractivity contribution in [2.75, 3.05) is 27.2 Å². The third-order valence-electron chi connectivity index (χ3n) is 4.17. The standard InChI is InChI=1S/C18H30FN3O2/c1-6-18(23,7-2)13-21-17(20-8-3)22(4)12-14-9-10-16(24-5)15(19)11-14/h9-11,23H,6-8,12-13H2,1-5H3,(H,20,21). The lowest BCUT2D eigenvalue weighted by Gasteiger charge is -2.26. The van der Waals surface area contributed by atoms with Crippen LogP contribution in [-0.4, -0.2) is 48.8 Å². The van der Waals surface area contributed by atoms with Crippen LogP contribution < -0.4 is 10.1 Å². The number of nitrogens with zero attached hydrogens (tertiary/aromatic N) is 2. The second-order valence-corrected chi connectivity index (χ2v) is 5.93. The molecule has 5 nitrogen and oxygen atoms in total. The van der Waals surface area contributed by atoms with Gasteiger partial charge in [0.25, 0.3) is 0 Å². The van der Waals surface area contributed by atoms with Crippen LogP contribution in [0.1, 0.15) is 39.2 Å². The summed E-state index contributed by atoms with van der Waals surface area (Å²) < 4.78 is 18.8. The third kappa shape index (κ3) is 5.67. The molecule has 6 heteroatoms. The number of nitrogens with one attached hydrogen (secondary N) is 1. The molecule has 2 N–H and O–H groups in total. The SMILES string of the molecule is CCNC(=NCC(O)(CC)CC)N(C)Cc1ccc(OC)c(F)c1. The van der Waals surface area contributed by atoms with Crippen LogP contribution in [0.5, 0.6) is 5.75 Å². The van der Waals surface area contributed by atoms with Gasteiger partial charge in [0.2, 0.25) is 0 Å². The second-order valence-electron chi connectivity index (χ2n) is 5.93. The summed E-state index contributed by atoms with van der Waals surface area (Å²) >= 11 is 0. The van der Waals surface area contributed by atoms with Crippen molar-refractivity contribution in [2.24, 2.45) is 4.99 Å². The summed E-state index contributed by atoms with van der Waals surface area (Å²) in [4.78, 5) is 6.46. The molecular formula is C18H30FN3O2. The molecule has 0 heterocycles. The fraction of sp³-hybridized carbons (Fsp3) is 0.611. The van der Waals surface area contributed by atoms with Gasteiger partial charge in [-0.15, -0.1) is 0 Å². The Morgan fingerprint density at radius 2 is 2.00 bits per heavy atom. The first-order valence-electron chi connectivity index (χ1n) is 8.43. The van der Waals surface area contributed by atoms with Gasteiger partial charge >= 0.3 is 0 Å². The smallest absolute Gasteiger partial charge is 0.194 e. The van der Waals surface area contributed by atoms with Crippen LogP contribution in [0.25, 0.3) is 0 Å². The zero-order valence-corrected chi connectivity index (χ0v) is 15.4. The van der Waals surface area contributed by atoms with Gasteiger partial charge in [0.1, 0.15) is 0 Å². The van der Waals surface area contributed by atoms with Gasteiger partial charge in [-0.1, -0.05) is 19.9 Å². The highest BCUT2D eigenvalue weighted by atomic mass is 19.1. The fourth-order valence-electron chi connectivity index (χ4n) is 2.32. The molecule has 0 aliphatic carbocycles. The van der Waals surface area contributed by atoms with E-state index in [1.54, 1.807) is 6.07 Å². The molecule has 1 aromatic rings. The van der Waals surface area contributed by atoms with Crippen molar-refractivity contribution in [1.82, 2.24) is 10.2 Å². The first kappa shape index (κ1) is 20.2. The van der Waals surface area contributed by atoms with E-state index in [9.17, 15) is 9.50 Å². The van der Waals surface area contributed by atoms with Crippen LogP contribution >= 0.6 is 0 Å². The molecule has 0 saturated heterocycles. The molecule has 1 aromatic carbocycles. The molecule has 0 saturated carbocycles. The summed E-state index contributed by atoms with van der Waals surface area (Å²) in [6.45, 7) is 7.46. The first-order valence-corrected chi connectivity index (χ1v) is 8.43. The van der Waals surface area contributed by atoms with Crippen LogP contribution in [0.4, 0.5) is 4.39 Å². The monoisotopic (exact) mass is 339 g/mol. The summed E-state index contributed by atoms with van der Waals surface area (Å²) in [6.07, 6.45) is 1.31. The molecule has 0 aliphatic rings. The Morgan fingerprint density at radius 3 is 2.50 bits per heavy atom. The second kappa shape index (κ2) is 9.47. The maximum atomic E-state index is 13.8. The fourth-order valence-corrected chi connectivity index (χ4v) is 2.32. The number of rotatable bonds is 8. The van der Waals surface area contributed by atoms with Crippen molar-refractivity contribution in [1.29, 1.82) is 0 Å². The molecule has 0 amide bonds. The molecule has 0 aliphatic heterocycles. The number of benzene rings is 1. The zero-order chi connectivity index (χ0) is 18.2. The zero-order valence-electron chi connectivity index (χ0n) is 15.4. The van der Waals surface area contributed by atoms with Gasteiger partial charge in [-0.2, -0.15) is 0 Å². The molecular weight excluding hydrogens is 309 g/mol. The van der Waals surface area contributed by atoms with E-state index < -0.39 is 5.60 Å². The first-order chi connectivity index (χ1) is 11.4. The quantitative estimate of drug-likeness (QED) is 0.565. The normalized spacial score (nSPS) is 12.2. The van der Waals surface area contributed by atoms with Gasteiger partial charge < -0.3 is 20.1 Å². The summed E-state index contributed by atoms with van der Waals surface area (Å²) in [6, 6.07) is 4.92. The van der Waals surface area contributed by atoms with Gasteiger partial charge in [-0.05, 0) is 37.5 Å². The lowest BCUT2D eigenvalue weighted by atomic mass is 9.98. The third-order valence-corrected chi connectivity index (χ3v) is 4.17. The maximum Gasteiger partial charge on any atom is 0.194 e. The van der Waals surface area contributed by atoms with E-state index in [4.69, 9.17) is 4.74 Å². The predicted octanol–water partition coefficient (Wildman–Crippen LogP) is 2.78. The number of guanidine groups is 1. The number of hydrogen-bond acceptors (Lipinski definition) is 3. The van der Waals surface area contributed by atoms with Crippen molar-refractivity contribution < 1.29 is 14.2 Å². The minimum atomic E-state index is -0.784. The van der Waals surface area contributed by atoms with Gasteiger partial charge in [0.05, 0.1) is 19.3 Å². The summed E-state index contributed by atoms with van der Waals surface area (Å²) in [5, 5.41) is 13.6. The summed E-state index contributed by atoms with van der Waals surface area (Å²) in [5.41, 5.74) is 0.0379. The number of aliphatic hydroxyl groups is 1. The van der Waals surface area contributed by atoms with Gasteiger partial charge in [-0.3, -0.25) is 4.99 Å². The van der Waals surface area contributed by atoms with Crippen molar-refractivity contribution in [3.05, 3.63) is 29.6 Å². The number of aliphatic imine (C=N–C) groups is 1. The molecule has 0 radical (unpaired) electrons. The minimum Gasteiger partial charge on any atom is -0.494 e. The van der Waals surface area contributed by atoms with Crippen LogP contribution in [0.3, 0.4) is 0 Å². The number of hydrogen-bond donors (Lipinski definition) is 2. The van der Waals surface area contributed by atoms with Crippen molar-refractivity contribution in [3.63, 3.8) is 0 Å². The molecule has 0 aromatic heterocycles. The molecule has 136 valence electrons. The Hall–Kier alpha value is -1.82. The Balaban J connectivity index is 2.86. The Morgan fingerprint density at radius 1 is 1.33 bits per heavy atom. The van der Waals surface area contributed by atoms with E-state index in [-0.39, 0.29) is 11.6 Å². The average molecular weight is 339 g/mol. The van der Waals surface area contributed by atoms with Gasteiger partial charge in [-0.25, -0.2) is 4.39 Å². The highest BCUT2D eigenvalue weighted by Crippen LogP contribution is 2.19. The largest absolute Gasteiger partial charge is 0.494 e. The Bertz CT molecular complexity index is 545. The van der Waals surface area contributed by atoms with Crippen LogP contribution in [0.2, 0.25) is 0 Å². The molecule has 0 spiro atoms. The van der Waals surface area contributed by atoms with Crippen LogP contribution in [0, 0.1) is 5.82 Å². The van der Waals surface area contributed by atoms with Crippen LogP contribution in [-0.2, 0) is 6.54 Å². The van der Waals surface area contributed by atoms with Gasteiger partial charge in [0, 0.05) is 20.1 Å². The van der Waals surface area contributed by atoms with Crippen molar-refractivity contribution >= 4 is 5.96 Å². The lowest BCUT2D eigenvalue weighted by molar-refractivity contribution is 0.0416. The lowest BCUT2D eigenvalue weighted by Crippen LogP contribution is -2.40. The maximum absolute atomic E-state index is 13.8. The number of ether oxygens (including phenoxy) is 1. The highest BCUT2D eigenvalue weighted by molar-refractivity contribution is 5.79. The minimum absolute atomic E-state index is 0.234. The molecule has 24 heavy (non-hydrogen) atoms. The van der Waals surface area contributed by atoms with Crippen molar-refractivity contribution in [2.45, 2.75) is 45.8 Å². The topological polar surface area (TPSA) is 57.1 Å². The van der Waals surface area contributed by atoms with E-state index in [0.29, 0.717) is 31.9 Å². The predicted molar refractivity (Wildman–Crippen MR) is 95.9 cm³/mol. The van der Waals surface area contributed by atoms with E-state index in [2.05, 4.69) is 10.3 Å². The number of halogens is 1. The highest BCUT2D eigenvalue weighted by Gasteiger charge is 2.22. The molecule has 0 atom stereocenters. The average Bonchev–Trinajstić information content (AvgIpc) is 2.58. The molecule has 0 unspecified atom stereocenters. The van der Waals surface area contributed by atoms with Crippen LogP contribution in [0.15, 0.2) is 23.2 Å². The van der Waals surface area contributed by atoms with Gasteiger partial charge in [0.15, 0.2) is 17.5 Å². The summed E-state index contributed by atoms with van der Waals surface area (Å²) in [7, 11) is 3.34.